The van der Waals surface area contributed by atoms with Crippen LogP contribution in [-0.2, 0) is 0 Å². The van der Waals surface area contributed by atoms with Gasteiger partial charge in [-0.25, -0.2) is 10.8 Å². The summed E-state index contributed by atoms with van der Waals surface area (Å²) >= 11 is 0. The van der Waals surface area contributed by atoms with Crippen molar-refractivity contribution in [3.05, 3.63) is 72.8 Å². The van der Waals surface area contributed by atoms with Crippen molar-refractivity contribution in [3.8, 4) is 0 Å². The number of fused-ring (bicyclic) bond motifs is 1. The Balaban J connectivity index is 1.97. The van der Waals surface area contributed by atoms with Crippen LogP contribution in [0.25, 0.3) is 10.8 Å². The van der Waals surface area contributed by atoms with Gasteiger partial charge in [0.05, 0.1) is 5.69 Å². The number of nitrogens with two attached hydrogens (primary N) is 1. The molecule has 0 aliphatic rings. The normalized spacial score (nSPS) is 11.4. The molecule has 0 fully saturated rings. The van der Waals surface area contributed by atoms with Crippen molar-refractivity contribution in [2.75, 3.05) is 5.32 Å². The van der Waals surface area contributed by atoms with Crippen molar-refractivity contribution in [1.82, 2.24) is 5.43 Å². The third kappa shape index (κ3) is 3.01. The van der Waals surface area contributed by atoms with E-state index >= 15 is 0 Å². The Labute approximate surface area is 123 Å². The summed E-state index contributed by atoms with van der Waals surface area (Å²) in [5, 5.41) is 5.39. The average Bonchev–Trinajstić information content (AvgIpc) is 2.55. The van der Waals surface area contributed by atoms with E-state index in [9.17, 15) is 0 Å². The molecule has 3 aromatic rings. The number of nitrogens with zero attached hydrogens (tertiary/aromatic N) is 1. The minimum absolute atomic E-state index is 0.498. The molecule has 0 spiro atoms. The molecule has 4 nitrogen and oxygen atoms in total. The first-order valence-electron chi connectivity index (χ1n) is 6.72. The fourth-order valence-corrected chi connectivity index (χ4v) is 2.18. The lowest BCUT2D eigenvalue weighted by atomic mass is 10.1. The quantitative estimate of drug-likeness (QED) is 0.291. The van der Waals surface area contributed by atoms with E-state index in [-0.39, 0.29) is 0 Å². The van der Waals surface area contributed by atoms with Crippen LogP contribution in [0.4, 0.5) is 11.4 Å². The molecule has 0 saturated heterocycles. The van der Waals surface area contributed by atoms with Gasteiger partial charge in [0.15, 0.2) is 0 Å². The van der Waals surface area contributed by atoms with E-state index in [2.05, 4.69) is 27.9 Å². The molecule has 0 aromatic heterocycles. The SMILES string of the molecule is NNC(=Nc1cccc2ccccc12)Nc1ccccc1. The molecule has 0 atom stereocenters. The van der Waals surface area contributed by atoms with Gasteiger partial charge < -0.3 is 5.32 Å². The number of benzene rings is 3. The lowest BCUT2D eigenvalue weighted by Crippen LogP contribution is -2.35. The van der Waals surface area contributed by atoms with Crippen LogP contribution in [0.3, 0.4) is 0 Å². The standard InChI is InChI=1S/C17H16N4/c18-21-17(19-14-9-2-1-3-10-14)20-16-12-6-8-13-7-4-5-11-15(13)16/h1-12H,18H2,(H2,19,20,21). The second kappa shape index (κ2) is 6.07. The molecule has 0 unspecified atom stereocenters. The fourth-order valence-electron chi connectivity index (χ4n) is 2.18. The predicted molar refractivity (Wildman–Crippen MR) is 88.4 cm³/mol. The van der Waals surface area contributed by atoms with E-state index in [1.54, 1.807) is 0 Å². The minimum Gasteiger partial charge on any atom is -0.325 e. The van der Waals surface area contributed by atoms with Gasteiger partial charge in [0.1, 0.15) is 0 Å². The monoisotopic (exact) mass is 276 g/mol. The van der Waals surface area contributed by atoms with E-state index in [1.165, 1.54) is 0 Å². The second-order valence-electron chi connectivity index (χ2n) is 4.59. The molecule has 0 aliphatic carbocycles. The van der Waals surface area contributed by atoms with E-state index in [0.29, 0.717) is 5.96 Å². The molecule has 21 heavy (non-hydrogen) atoms. The van der Waals surface area contributed by atoms with Crippen molar-refractivity contribution >= 4 is 28.1 Å². The highest BCUT2D eigenvalue weighted by molar-refractivity contribution is 5.99. The van der Waals surface area contributed by atoms with Crippen LogP contribution >= 0.6 is 0 Å². The topological polar surface area (TPSA) is 62.4 Å². The van der Waals surface area contributed by atoms with Crippen LogP contribution in [0.1, 0.15) is 0 Å². The molecular weight excluding hydrogens is 260 g/mol. The van der Waals surface area contributed by atoms with E-state index in [4.69, 9.17) is 5.84 Å². The largest absolute Gasteiger partial charge is 0.325 e. The second-order valence-corrected chi connectivity index (χ2v) is 4.59. The van der Waals surface area contributed by atoms with Gasteiger partial charge in [-0.15, -0.1) is 0 Å². The van der Waals surface area contributed by atoms with Gasteiger partial charge in [0.25, 0.3) is 0 Å². The molecule has 0 aliphatic heterocycles. The summed E-state index contributed by atoms with van der Waals surface area (Å²) < 4.78 is 0. The summed E-state index contributed by atoms with van der Waals surface area (Å²) in [4.78, 5) is 4.57. The molecule has 0 amide bonds. The summed E-state index contributed by atoms with van der Waals surface area (Å²) in [5.41, 5.74) is 4.39. The maximum absolute atomic E-state index is 5.57. The Kier molecular flexibility index (Phi) is 3.80. The Morgan fingerprint density at radius 3 is 2.33 bits per heavy atom. The summed E-state index contributed by atoms with van der Waals surface area (Å²) in [6.07, 6.45) is 0. The first-order valence-corrected chi connectivity index (χ1v) is 6.72. The van der Waals surface area contributed by atoms with Crippen molar-refractivity contribution in [3.63, 3.8) is 0 Å². The molecule has 0 radical (unpaired) electrons. The van der Waals surface area contributed by atoms with Gasteiger partial charge in [-0.1, -0.05) is 54.6 Å². The van der Waals surface area contributed by atoms with Crippen molar-refractivity contribution in [1.29, 1.82) is 0 Å². The molecular formula is C17H16N4. The van der Waals surface area contributed by atoms with Gasteiger partial charge in [-0.3, -0.25) is 5.43 Å². The average molecular weight is 276 g/mol. The smallest absolute Gasteiger partial charge is 0.215 e. The molecule has 3 aromatic carbocycles. The Hall–Kier alpha value is -2.85. The molecule has 4 heteroatoms. The Morgan fingerprint density at radius 1 is 0.810 bits per heavy atom. The highest BCUT2D eigenvalue weighted by Crippen LogP contribution is 2.25. The van der Waals surface area contributed by atoms with Crippen molar-refractivity contribution in [2.45, 2.75) is 0 Å². The van der Waals surface area contributed by atoms with Gasteiger partial charge in [-0.05, 0) is 23.6 Å². The first kappa shape index (κ1) is 13.1. The highest BCUT2D eigenvalue weighted by Gasteiger charge is 2.02. The Morgan fingerprint density at radius 2 is 1.52 bits per heavy atom. The number of hydrazine groups is 1. The van der Waals surface area contributed by atoms with Crippen LogP contribution in [0, 0.1) is 0 Å². The number of anilines is 1. The number of guanidine groups is 1. The van der Waals surface area contributed by atoms with Gasteiger partial charge >= 0.3 is 0 Å². The maximum Gasteiger partial charge on any atom is 0.215 e. The van der Waals surface area contributed by atoms with Crippen LogP contribution in [-0.4, -0.2) is 5.96 Å². The van der Waals surface area contributed by atoms with Gasteiger partial charge in [0.2, 0.25) is 5.96 Å². The number of hydrogen-bond donors (Lipinski definition) is 3. The van der Waals surface area contributed by atoms with Gasteiger partial charge in [0, 0.05) is 11.1 Å². The zero-order valence-electron chi connectivity index (χ0n) is 11.5. The maximum atomic E-state index is 5.57. The van der Waals surface area contributed by atoms with E-state index in [0.717, 1.165) is 22.1 Å². The molecule has 3 rings (SSSR count). The summed E-state index contributed by atoms with van der Waals surface area (Å²) in [6.45, 7) is 0. The highest BCUT2D eigenvalue weighted by atomic mass is 15.3. The number of nitrogens with one attached hydrogen (secondary N) is 2. The third-order valence-corrected chi connectivity index (χ3v) is 3.17. The molecule has 0 heterocycles. The first-order chi connectivity index (χ1) is 10.4. The Bertz CT molecular complexity index is 761. The van der Waals surface area contributed by atoms with E-state index in [1.807, 2.05) is 60.7 Å². The van der Waals surface area contributed by atoms with Crippen LogP contribution < -0.4 is 16.6 Å². The molecule has 4 N–H and O–H groups in total. The number of aliphatic imine (C=N–C) groups is 1. The van der Waals surface area contributed by atoms with Crippen LogP contribution in [0.2, 0.25) is 0 Å². The van der Waals surface area contributed by atoms with Gasteiger partial charge in [-0.2, -0.15) is 0 Å². The lowest BCUT2D eigenvalue weighted by Gasteiger charge is -2.10. The summed E-state index contributed by atoms with van der Waals surface area (Å²) in [6, 6.07) is 23.9. The summed E-state index contributed by atoms with van der Waals surface area (Å²) in [7, 11) is 0. The van der Waals surface area contributed by atoms with Crippen LogP contribution in [0.15, 0.2) is 77.8 Å². The van der Waals surface area contributed by atoms with E-state index < -0.39 is 0 Å². The molecule has 104 valence electrons. The fraction of sp³-hybridized carbons (Fsp3) is 0. The third-order valence-electron chi connectivity index (χ3n) is 3.17. The zero-order chi connectivity index (χ0) is 14.5. The zero-order valence-corrected chi connectivity index (χ0v) is 11.5. The van der Waals surface area contributed by atoms with Crippen LogP contribution in [0.5, 0.6) is 0 Å². The van der Waals surface area contributed by atoms with Crippen molar-refractivity contribution < 1.29 is 0 Å². The van der Waals surface area contributed by atoms with Crippen molar-refractivity contribution in [2.24, 2.45) is 10.8 Å². The molecule has 0 saturated carbocycles. The number of rotatable bonds is 2. The molecule has 0 bridgehead atoms. The number of hydrogen-bond acceptors (Lipinski definition) is 2. The lowest BCUT2D eigenvalue weighted by molar-refractivity contribution is 1.02. The number of para-hydroxylation sites is 1. The predicted octanol–water partition coefficient (Wildman–Crippen LogP) is 3.40. The minimum atomic E-state index is 0.498. The summed E-state index contributed by atoms with van der Waals surface area (Å²) in [5.74, 6) is 6.07.